The Hall–Kier alpha value is -2.77. The lowest BCUT2D eigenvalue weighted by Gasteiger charge is -2.14. The fourth-order valence-electron chi connectivity index (χ4n) is 1.89. The molecule has 1 aliphatic heterocycles. The van der Waals surface area contributed by atoms with Crippen molar-refractivity contribution in [1.82, 2.24) is 5.32 Å². The molecule has 1 saturated heterocycles. The average Bonchev–Trinajstić information content (AvgIpc) is 2.76. The van der Waals surface area contributed by atoms with Crippen LogP contribution >= 0.6 is 0 Å². The summed E-state index contributed by atoms with van der Waals surface area (Å²) in [6.45, 7) is 1.55. The number of nitro groups is 1. The minimum absolute atomic E-state index is 0.0833. The van der Waals surface area contributed by atoms with Crippen molar-refractivity contribution in [3.63, 3.8) is 0 Å². The predicted molar refractivity (Wildman–Crippen MR) is 69.2 cm³/mol. The molecule has 1 fully saturated rings. The van der Waals surface area contributed by atoms with Crippen molar-refractivity contribution in [2.75, 3.05) is 0 Å². The van der Waals surface area contributed by atoms with Gasteiger partial charge in [-0.25, -0.2) is 0 Å². The number of hydrogen-bond donors (Lipinski definition) is 1. The van der Waals surface area contributed by atoms with Crippen molar-refractivity contribution in [2.45, 2.75) is 25.4 Å². The number of benzene rings is 1. The first-order valence-electron chi connectivity index (χ1n) is 6.17. The van der Waals surface area contributed by atoms with E-state index < -0.39 is 34.7 Å². The van der Waals surface area contributed by atoms with Gasteiger partial charge in [0.15, 0.2) is 6.10 Å². The molecule has 8 heteroatoms. The topological polar surface area (TPSA) is 116 Å². The third-order valence-electron chi connectivity index (χ3n) is 3.14. The Balaban J connectivity index is 2.03. The van der Waals surface area contributed by atoms with E-state index in [0.29, 0.717) is 5.56 Å². The van der Waals surface area contributed by atoms with E-state index in [1.807, 2.05) is 5.32 Å². The normalized spacial score (nSPS) is 19.0. The number of carbonyl (C=O) groups is 3. The van der Waals surface area contributed by atoms with Crippen molar-refractivity contribution >= 4 is 23.5 Å². The number of non-ortho nitro benzene ring substituents is 1. The number of nitrogens with one attached hydrogen (secondary N) is 1. The molecule has 0 aromatic heterocycles. The van der Waals surface area contributed by atoms with Crippen LogP contribution in [0.3, 0.4) is 0 Å². The van der Waals surface area contributed by atoms with Crippen LogP contribution in [-0.4, -0.2) is 28.8 Å². The standard InChI is InChI=1S/C13H12N2O6/c1-7(8-2-4-9(5-3-8)15(19)20)13(18)21-10-6-11(16)14-12(10)17/h2-5,7,10H,6H2,1H3,(H,14,16,17). The molecule has 1 aromatic carbocycles. The Morgan fingerprint density at radius 1 is 1.38 bits per heavy atom. The van der Waals surface area contributed by atoms with Gasteiger partial charge >= 0.3 is 5.97 Å². The molecule has 0 radical (unpaired) electrons. The van der Waals surface area contributed by atoms with Gasteiger partial charge in [-0.3, -0.25) is 29.8 Å². The molecule has 1 N–H and O–H groups in total. The van der Waals surface area contributed by atoms with E-state index in [1.54, 1.807) is 6.92 Å². The predicted octanol–water partition coefficient (Wildman–Crippen LogP) is 0.657. The Bertz CT molecular complexity index is 610. The number of amides is 2. The lowest BCUT2D eigenvalue weighted by molar-refractivity contribution is -0.384. The first-order chi connectivity index (χ1) is 9.88. The van der Waals surface area contributed by atoms with Gasteiger partial charge in [-0.2, -0.15) is 0 Å². The van der Waals surface area contributed by atoms with E-state index >= 15 is 0 Å². The highest BCUT2D eigenvalue weighted by molar-refractivity contribution is 6.05. The van der Waals surface area contributed by atoms with Gasteiger partial charge in [0.25, 0.3) is 11.6 Å². The maximum atomic E-state index is 11.9. The average molecular weight is 292 g/mol. The lowest BCUT2D eigenvalue weighted by Crippen LogP contribution is -2.29. The molecule has 110 valence electrons. The van der Waals surface area contributed by atoms with Crippen LogP contribution in [0.5, 0.6) is 0 Å². The van der Waals surface area contributed by atoms with Gasteiger partial charge in [0, 0.05) is 12.1 Å². The number of carbonyl (C=O) groups excluding carboxylic acids is 3. The lowest BCUT2D eigenvalue weighted by atomic mass is 10.0. The van der Waals surface area contributed by atoms with Gasteiger partial charge in [0.2, 0.25) is 5.91 Å². The summed E-state index contributed by atoms with van der Waals surface area (Å²) in [6, 6.07) is 5.46. The summed E-state index contributed by atoms with van der Waals surface area (Å²) in [6.07, 6.45) is -1.29. The summed E-state index contributed by atoms with van der Waals surface area (Å²) < 4.78 is 4.98. The number of nitro benzene ring substituents is 1. The van der Waals surface area contributed by atoms with Gasteiger partial charge in [0.1, 0.15) is 0 Å². The first-order valence-corrected chi connectivity index (χ1v) is 6.17. The molecule has 2 amide bonds. The molecule has 0 saturated carbocycles. The summed E-state index contributed by atoms with van der Waals surface area (Å²) in [7, 11) is 0. The molecular weight excluding hydrogens is 280 g/mol. The van der Waals surface area contributed by atoms with Crippen molar-refractivity contribution in [2.24, 2.45) is 0 Å². The number of nitrogens with zero attached hydrogens (tertiary/aromatic N) is 1. The quantitative estimate of drug-likeness (QED) is 0.377. The molecule has 2 unspecified atom stereocenters. The second-order valence-electron chi connectivity index (χ2n) is 4.61. The molecular formula is C13H12N2O6. The van der Waals surface area contributed by atoms with E-state index in [0.717, 1.165) is 0 Å². The van der Waals surface area contributed by atoms with E-state index in [1.165, 1.54) is 24.3 Å². The van der Waals surface area contributed by atoms with Gasteiger partial charge in [-0.15, -0.1) is 0 Å². The van der Waals surface area contributed by atoms with Crippen LogP contribution in [0.4, 0.5) is 5.69 Å². The first kappa shape index (κ1) is 14.6. The highest BCUT2D eigenvalue weighted by atomic mass is 16.6. The van der Waals surface area contributed by atoms with Gasteiger partial charge < -0.3 is 4.74 Å². The van der Waals surface area contributed by atoms with Crippen molar-refractivity contribution in [3.8, 4) is 0 Å². The van der Waals surface area contributed by atoms with Crippen LogP contribution in [0.2, 0.25) is 0 Å². The van der Waals surface area contributed by atoms with Gasteiger partial charge in [-0.05, 0) is 12.5 Å². The maximum absolute atomic E-state index is 11.9. The Kier molecular flexibility index (Phi) is 3.97. The van der Waals surface area contributed by atoms with Crippen molar-refractivity contribution in [3.05, 3.63) is 39.9 Å². The fourth-order valence-corrected chi connectivity index (χ4v) is 1.89. The SMILES string of the molecule is CC(C(=O)OC1CC(=O)NC1=O)c1ccc([N+](=O)[O-])cc1. The summed E-state index contributed by atoms with van der Waals surface area (Å²) in [4.78, 5) is 44.2. The van der Waals surface area contributed by atoms with Gasteiger partial charge in [-0.1, -0.05) is 12.1 Å². The smallest absolute Gasteiger partial charge is 0.313 e. The van der Waals surface area contributed by atoms with Crippen LogP contribution in [0, 0.1) is 10.1 Å². The third kappa shape index (κ3) is 3.22. The van der Waals surface area contributed by atoms with Crippen LogP contribution in [0.1, 0.15) is 24.8 Å². The Morgan fingerprint density at radius 2 is 2.00 bits per heavy atom. The molecule has 8 nitrogen and oxygen atoms in total. The van der Waals surface area contributed by atoms with E-state index in [4.69, 9.17) is 4.74 Å². The number of imide groups is 1. The van der Waals surface area contributed by atoms with E-state index in [9.17, 15) is 24.5 Å². The van der Waals surface area contributed by atoms with Crippen molar-refractivity contribution in [1.29, 1.82) is 0 Å². The number of esters is 1. The minimum atomic E-state index is -1.11. The zero-order chi connectivity index (χ0) is 15.6. The van der Waals surface area contributed by atoms with E-state index in [2.05, 4.69) is 0 Å². The van der Waals surface area contributed by atoms with Crippen LogP contribution in [0.25, 0.3) is 0 Å². The fraction of sp³-hybridized carbons (Fsp3) is 0.308. The van der Waals surface area contributed by atoms with Crippen LogP contribution in [-0.2, 0) is 19.1 Å². The highest BCUT2D eigenvalue weighted by Crippen LogP contribution is 2.21. The second-order valence-corrected chi connectivity index (χ2v) is 4.61. The van der Waals surface area contributed by atoms with E-state index in [-0.39, 0.29) is 12.1 Å². The maximum Gasteiger partial charge on any atom is 0.313 e. The van der Waals surface area contributed by atoms with Gasteiger partial charge in [0.05, 0.1) is 17.3 Å². The third-order valence-corrected chi connectivity index (χ3v) is 3.14. The molecule has 0 bridgehead atoms. The molecule has 0 spiro atoms. The summed E-state index contributed by atoms with van der Waals surface area (Å²) in [5.41, 5.74) is 0.440. The molecule has 2 atom stereocenters. The number of rotatable bonds is 4. The largest absolute Gasteiger partial charge is 0.451 e. The zero-order valence-electron chi connectivity index (χ0n) is 11.1. The zero-order valence-corrected chi connectivity index (χ0v) is 11.1. The monoisotopic (exact) mass is 292 g/mol. The summed E-state index contributed by atoms with van der Waals surface area (Å²) >= 11 is 0. The molecule has 21 heavy (non-hydrogen) atoms. The van der Waals surface area contributed by atoms with Crippen LogP contribution in [0.15, 0.2) is 24.3 Å². The highest BCUT2D eigenvalue weighted by Gasteiger charge is 2.35. The number of ether oxygens (including phenoxy) is 1. The molecule has 2 rings (SSSR count). The summed E-state index contributed by atoms with van der Waals surface area (Å²) in [5, 5.41) is 12.6. The summed E-state index contributed by atoms with van der Waals surface area (Å²) in [5.74, 6) is -2.49. The molecule has 1 aliphatic rings. The second kappa shape index (κ2) is 5.70. The Labute approximate surface area is 119 Å². The van der Waals surface area contributed by atoms with Crippen LogP contribution < -0.4 is 5.32 Å². The Morgan fingerprint density at radius 3 is 2.48 bits per heavy atom. The molecule has 1 aromatic rings. The minimum Gasteiger partial charge on any atom is -0.451 e. The molecule has 1 heterocycles. The van der Waals surface area contributed by atoms with Crippen molar-refractivity contribution < 1.29 is 24.0 Å². The number of hydrogen-bond acceptors (Lipinski definition) is 6. The molecule has 0 aliphatic carbocycles.